The lowest BCUT2D eigenvalue weighted by Gasteiger charge is -2.29. The number of benzene rings is 2. The molecule has 5 nitrogen and oxygen atoms in total. The van der Waals surface area contributed by atoms with Crippen molar-refractivity contribution < 1.29 is 18.3 Å². The van der Waals surface area contributed by atoms with Crippen LogP contribution in [-0.2, 0) is 4.74 Å². The number of carbonyl (C=O) groups is 1. The number of rotatable bonds is 5. The van der Waals surface area contributed by atoms with Gasteiger partial charge in [-0.25, -0.2) is 23.6 Å². The Morgan fingerprint density at radius 3 is 2.51 bits per heavy atom. The smallest absolute Gasteiger partial charge is 0.350 e. The fourth-order valence-corrected chi connectivity index (χ4v) is 5.73. The van der Waals surface area contributed by atoms with Crippen LogP contribution in [0, 0.1) is 24.5 Å². The third kappa shape index (κ3) is 4.62. The van der Waals surface area contributed by atoms with Gasteiger partial charge in [-0.3, -0.25) is 0 Å². The monoisotopic (exact) mass is 493 g/mol. The minimum atomic E-state index is -0.395. The summed E-state index contributed by atoms with van der Waals surface area (Å²) in [6.07, 6.45) is 4.83. The molecule has 2 aromatic carbocycles. The molecule has 2 aliphatic rings. The summed E-state index contributed by atoms with van der Waals surface area (Å²) in [5, 5.41) is 7.50. The number of nitrogens with zero attached hydrogens (tertiary/aromatic N) is 3. The third-order valence-electron chi connectivity index (χ3n) is 6.37. The topological polar surface area (TPSA) is 54.8 Å². The highest BCUT2D eigenvalue weighted by atomic mass is 32.1. The number of esters is 1. The van der Waals surface area contributed by atoms with Gasteiger partial charge in [-0.1, -0.05) is 35.6 Å². The van der Waals surface area contributed by atoms with Gasteiger partial charge in [0.05, 0.1) is 24.1 Å². The molecule has 0 radical (unpaired) electrons. The van der Waals surface area contributed by atoms with Gasteiger partial charge >= 0.3 is 5.97 Å². The molecule has 0 spiro atoms. The van der Waals surface area contributed by atoms with Gasteiger partial charge < -0.3 is 4.74 Å². The molecule has 0 amide bonds. The molecule has 1 saturated carbocycles. The van der Waals surface area contributed by atoms with Crippen LogP contribution in [-0.4, -0.2) is 23.3 Å². The van der Waals surface area contributed by atoms with Crippen molar-refractivity contribution in [3.8, 4) is 0 Å². The van der Waals surface area contributed by atoms with Crippen molar-refractivity contribution in [2.24, 2.45) is 11.0 Å². The van der Waals surface area contributed by atoms with E-state index in [1.165, 1.54) is 35.6 Å². The molecule has 0 N–H and O–H groups in total. The average Bonchev–Trinajstić information content (AvgIpc) is 3.43. The second-order valence-electron chi connectivity index (χ2n) is 8.68. The zero-order valence-corrected chi connectivity index (χ0v) is 20.3. The Labute approximate surface area is 206 Å². The lowest BCUT2D eigenvalue weighted by Crippen LogP contribution is -2.28. The maximum Gasteiger partial charge on any atom is 0.350 e. The molecule has 1 aliphatic carbocycles. The van der Waals surface area contributed by atoms with Crippen molar-refractivity contribution in [3.05, 3.63) is 87.4 Å². The number of fused-ring (bicyclic) bond motifs is 1. The largest absolute Gasteiger partial charge is 0.462 e. The second-order valence-corrected chi connectivity index (χ2v) is 9.66. The van der Waals surface area contributed by atoms with Crippen LogP contribution in [0.4, 0.5) is 13.9 Å². The van der Waals surface area contributed by atoms with Gasteiger partial charge in [0.1, 0.15) is 16.5 Å². The maximum atomic E-state index is 13.7. The van der Waals surface area contributed by atoms with E-state index in [1.54, 1.807) is 38.1 Å². The van der Waals surface area contributed by atoms with E-state index in [9.17, 15) is 13.6 Å². The average molecular weight is 494 g/mol. The van der Waals surface area contributed by atoms with E-state index >= 15 is 0 Å². The molecule has 3 aromatic rings. The molecule has 0 unspecified atom stereocenters. The Hall–Kier alpha value is -3.39. The van der Waals surface area contributed by atoms with Crippen molar-refractivity contribution in [2.75, 3.05) is 11.6 Å². The van der Waals surface area contributed by atoms with Crippen LogP contribution in [0.5, 0.6) is 0 Å². The number of hydrogen-bond acceptors (Lipinski definition) is 6. The SMILES string of the molecule is CCOC(=O)c1sc(N2N=C3/C(=C\c4ccc(F)cc4)CCC[C@@H]3[C@H]2c2ccc(F)cc2)nc1C. The van der Waals surface area contributed by atoms with E-state index in [1.807, 2.05) is 5.01 Å². The minimum Gasteiger partial charge on any atom is -0.462 e. The molecule has 2 heterocycles. The van der Waals surface area contributed by atoms with E-state index in [0.29, 0.717) is 15.7 Å². The fraction of sp³-hybridized carbons (Fsp3) is 0.296. The molecule has 2 atom stereocenters. The molecule has 1 aliphatic heterocycles. The first kappa shape index (κ1) is 23.4. The summed E-state index contributed by atoms with van der Waals surface area (Å²) in [5.74, 6) is -0.884. The van der Waals surface area contributed by atoms with Crippen LogP contribution in [0.25, 0.3) is 6.08 Å². The van der Waals surface area contributed by atoms with Gasteiger partial charge in [-0.2, -0.15) is 5.10 Å². The number of aromatic nitrogens is 1. The fourth-order valence-electron chi connectivity index (χ4n) is 4.78. The number of hydrogen-bond donors (Lipinski definition) is 0. The van der Waals surface area contributed by atoms with Crippen LogP contribution in [0.3, 0.4) is 0 Å². The van der Waals surface area contributed by atoms with Gasteiger partial charge in [0.15, 0.2) is 0 Å². The lowest BCUT2D eigenvalue weighted by molar-refractivity contribution is 0.0531. The molecular formula is C27H25F2N3O2S. The Bertz CT molecular complexity index is 1300. The summed E-state index contributed by atoms with van der Waals surface area (Å²) < 4.78 is 32.3. The number of aryl methyl sites for hydroxylation is 1. The number of carbonyl (C=O) groups excluding carboxylic acids is 1. The Morgan fingerprint density at radius 2 is 1.83 bits per heavy atom. The van der Waals surface area contributed by atoms with E-state index < -0.39 is 5.97 Å². The number of allylic oxidation sites excluding steroid dienone is 1. The maximum absolute atomic E-state index is 13.7. The Balaban J connectivity index is 1.58. The van der Waals surface area contributed by atoms with Crippen LogP contribution < -0.4 is 5.01 Å². The number of halogens is 2. The highest BCUT2D eigenvalue weighted by Gasteiger charge is 2.43. The zero-order chi connectivity index (χ0) is 24.5. The van der Waals surface area contributed by atoms with Gasteiger partial charge in [-0.15, -0.1) is 0 Å². The number of anilines is 1. The van der Waals surface area contributed by atoms with Gasteiger partial charge in [-0.05, 0) is 80.2 Å². The van der Waals surface area contributed by atoms with Gasteiger partial charge in [0.2, 0.25) is 5.13 Å². The van der Waals surface area contributed by atoms with E-state index in [2.05, 4.69) is 11.1 Å². The van der Waals surface area contributed by atoms with Crippen LogP contribution in [0.15, 0.2) is 59.2 Å². The first-order chi connectivity index (χ1) is 16.9. The minimum absolute atomic E-state index is 0.0798. The molecule has 1 aromatic heterocycles. The molecule has 180 valence electrons. The summed E-state index contributed by atoms with van der Waals surface area (Å²) in [6.45, 7) is 3.84. The molecular weight excluding hydrogens is 468 g/mol. The number of hydrazone groups is 1. The summed E-state index contributed by atoms with van der Waals surface area (Å²) in [5.41, 5.74) is 4.50. The third-order valence-corrected chi connectivity index (χ3v) is 7.49. The summed E-state index contributed by atoms with van der Waals surface area (Å²) in [6, 6.07) is 12.7. The standard InChI is InChI=1S/C27H25F2N3O2S/c1-3-34-26(33)25-16(2)30-27(35-25)32-24(18-9-13-21(29)14-10-18)22-6-4-5-19(23(22)31-32)15-17-7-11-20(28)12-8-17/h7-15,22,24H,3-6H2,1-2H3/b19-15-/t22-,24+/m0/s1. The zero-order valence-electron chi connectivity index (χ0n) is 19.5. The van der Waals surface area contributed by atoms with Crippen molar-refractivity contribution in [1.82, 2.24) is 4.98 Å². The first-order valence-corrected chi connectivity index (χ1v) is 12.5. The molecule has 0 saturated heterocycles. The molecule has 8 heteroatoms. The Morgan fingerprint density at radius 1 is 1.14 bits per heavy atom. The second kappa shape index (κ2) is 9.70. The van der Waals surface area contributed by atoms with E-state index in [-0.39, 0.29) is 30.2 Å². The number of thiazole rings is 1. The molecule has 0 bridgehead atoms. The van der Waals surface area contributed by atoms with Gasteiger partial charge in [0, 0.05) is 5.92 Å². The van der Waals surface area contributed by atoms with E-state index in [4.69, 9.17) is 9.84 Å². The summed E-state index contributed by atoms with van der Waals surface area (Å²) >= 11 is 1.26. The predicted octanol–water partition coefficient (Wildman–Crippen LogP) is 6.71. The van der Waals surface area contributed by atoms with Crippen molar-refractivity contribution in [3.63, 3.8) is 0 Å². The number of ether oxygens (including phenoxy) is 1. The quantitative estimate of drug-likeness (QED) is 0.371. The van der Waals surface area contributed by atoms with Crippen LogP contribution in [0.2, 0.25) is 0 Å². The van der Waals surface area contributed by atoms with Gasteiger partial charge in [0.25, 0.3) is 0 Å². The predicted molar refractivity (Wildman–Crippen MR) is 134 cm³/mol. The van der Waals surface area contributed by atoms with Crippen molar-refractivity contribution in [2.45, 2.75) is 39.2 Å². The highest BCUT2D eigenvalue weighted by molar-refractivity contribution is 7.17. The summed E-state index contributed by atoms with van der Waals surface area (Å²) in [7, 11) is 0. The van der Waals surface area contributed by atoms with E-state index in [0.717, 1.165) is 41.7 Å². The lowest BCUT2D eigenvalue weighted by atomic mass is 9.77. The molecule has 5 rings (SSSR count). The van der Waals surface area contributed by atoms with Crippen molar-refractivity contribution in [1.29, 1.82) is 0 Å². The molecule has 1 fully saturated rings. The normalized spacial score (nSPS) is 20.6. The first-order valence-electron chi connectivity index (χ1n) is 11.7. The summed E-state index contributed by atoms with van der Waals surface area (Å²) in [4.78, 5) is 17.6. The van der Waals surface area contributed by atoms with Crippen LogP contribution in [0.1, 0.15) is 58.7 Å². The van der Waals surface area contributed by atoms with Crippen molar-refractivity contribution >= 4 is 34.2 Å². The van der Waals surface area contributed by atoms with Crippen LogP contribution >= 0.6 is 11.3 Å². The molecule has 35 heavy (non-hydrogen) atoms. The Kier molecular flexibility index (Phi) is 6.47. The highest BCUT2D eigenvalue weighted by Crippen LogP contribution is 2.47.